The highest BCUT2D eigenvalue weighted by molar-refractivity contribution is 5.94. The molecule has 0 saturated carbocycles. The molecular formula is C15H8F3N. The third-order valence-electron chi connectivity index (χ3n) is 2.93. The molecule has 94 valence electrons. The van der Waals surface area contributed by atoms with E-state index in [1.807, 2.05) is 18.2 Å². The van der Waals surface area contributed by atoms with Gasteiger partial charge in [0.25, 0.3) is 0 Å². The fraction of sp³-hybridized carbons (Fsp3) is 0. The van der Waals surface area contributed by atoms with Crippen LogP contribution in [0.25, 0.3) is 22.0 Å². The number of halogens is 3. The first kappa shape index (κ1) is 11.7. The van der Waals surface area contributed by atoms with Gasteiger partial charge < -0.3 is 0 Å². The van der Waals surface area contributed by atoms with Gasteiger partial charge in [0.05, 0.1) is 5.69 Å². The van der Waals surface area contributed by atoms with Crippen LogP contribution >= 0.6 is 0 Å². The van der Waals surface area contributed by atoms with E-state index in [0.717, 1.165) is 22.9 Å². The first-order valence-electron chi connectivity index (χ1n) is 5.65. The van der Waals surface area contributed by atoms with E-state index in [2.05, 4.69) is 4.98 Å². The van der Waals surface area contributed by atoms with Crippen LogP contribution in [0.1, 0.15) is 0 Å². The number of hydrogen-bond donors (Lipinski definition) is 0. The zero-order chi connectivity index (χ0) is 13.4. The maximum atomic E-state index is 13.3. The molecule has 0 saturated heterocycles. The van der Waals surface area contributed by atoms with Crippen molar-refractivity contribution in [1.82, 2.24) is 4.98 Å². The first-order valence-corrected chi connectivity index (χ1v) is 5.65. The molecule has 0 bridgehead atoms. The molecule has 0 unspecified atom stereocenters. The molecule has 1 aromatic heterocycles. The molecule has 0 fully saturated rings. The minimum absolute atomic E-state index is 0.216. The highest BCUT2D eigenvalue weighted by Gasteiger charge is 2.13. The van der Waals surface area contributed by atoms with Crippen LogP contribution in [0.2, 0.25) is 0 Å². The average Bonchev–Trinajstić information content (AvgIpc) is 2.43. The van der Waals surface area contributed by atoms with Crippen molar-refractivity contribution in [2.45, 2.75) is 0 Å². The van der Waals surface area contributed by atoms with Gasteiger partial charge in [-0.25, -0.2) is 13.2 Å². The van der Waals surface area contributed by atoms with Gasteiger partial charge in [0.1, 0.15) is 0 Å². The minimum atomic E-state index is -1.47. The van der Waals surface area contributed by atoms with Crippen LogP contribution in [0.5, 0.6) is 0 Å². The van der Waals surface area contributed by atoms with E-state index in [1.54, 1.807) is 18.3 Å². The van der Waals surface area contributed by atoms with E-state index in [4.69, 9.17) is 0 Å². The summed E-state index contributed by atoms with van der Waals surface area (Å²) in [6, 6.07) is 11.0. The lowest BCUT2D eigenvalue weighted by Gasteiger charge is -2.06. The Balaban J connectivity index is 2.31. The minimum Gasteiger partial charge on any atom is -0.256 e. The van der Waals surface area contributed by atoms with Crippen LogP contribution in [-0.4, -0.2) is 4.98 Å². The summed E-state index contributed by atoms with van der Waals surface area (Å²) in [5, 5.41) is 1.66. The monoisotopic (exact) mass is 259 g/mol. The van der Waals surface area contributed by atoms with Gasteiger partial charge in [0, 0.05) is 17.1 Å². The fourth-order valence-electron chi connectivity index (χ4n) is 2.04. The predicted octanol–water partition coefficient (Wildman–Crippen LogP) is 4.32. The molecule has 0 N–H and O–H groups in total. The first-order chi connectivity index (χ1) is 9.16. The second-order valence-corrected chi connectivity index (χ2v) is 4.13. The van der Waals surface area contributed by atoms with Crippen LogP contribution in [0.4, 0.5) is 13.2 Å². The third kappa shape index (κ3) is 1.95. The van der Waals surface area contributed by atoms with Gasteiger partial charge in [-0.15, -0.1) is 0 Å². The SMILES string of the molecule is Fc1cc(-c2nccc3ccccc23)cc(F)c1F. The summed E-state index contributed by atoms with van der Waals surface area (Å²) in [5.74, 6) is -3.90. The molecule has 19 heavy (non-hydrogen) atoms. The van der Waals surface area contributed by atoms with Gasteiger partial charge in [0.15, 0.2) is 17.5 Å². The van der Waals surface area contributed by atoms with Crippen LogP contribution in [0, 0.1) is 17.5 Å². The average molecular weight is 259 g/mol. The Morgan fingerprint density at radius 3 is 2.26 bits per heavy atom. The van der Waals surface area contributed by atoms with Gasteiger partial charge >= 0.3 is 0 Å². The maximum absolute atomic E-state index is 13.3. The summed E-state index contributed by atoms with van der Waals surface area (Å²) >= 11 is 0. The van der Waals surface area contributed by atoms with Crippen molar-refractivity contribution in [2.24, 2.45) is 0 Å². The second kappa shape index (κ2) is 4.39. The van der Waals surface area contributed by atoms with Crippen molar-refractivity contribution >= 4 is 10.8 Å². The Morgan fingerprint density at radius 2 is 1.53 bits per heavy atom. The molecular weight excluding hydrogens is 251 g/mol. The topological polar surface area (TPSA) is 12.9 Å². The number of rotatable bonds is 1. The van der Waals surface area contributed by atoms with E-state index in [9.17, 15) is 13.2 Å². The number of hydrogen-bond acceptors (Lipinski definition) is 1. The Morgan fingerprint density at radius 1 is 0.842 bits per heavy atom. The van der Waals surface area contributed by atoms with E-state index < -0.39 is 17.5 Å². The predicted molar refractivity (Wildman–Crippen MR) is 67.1 cm³/mol. The molecule has 1 nitrogen and oxygen atoms in total. The molecule has 0 amide bonds. The molecule has 0 atom stereocenters. The zero-order valence-corrected chi connectivity index (χ0v) is 9.70. The Kier molecular flexibility index (Phi) is 2.71. The van der Waals surface area contributed by atoms with Crippen molar-refractivity contribution in [3.63, 3.8) is 0 Å². The number of fused-ring (bicyclic) bond motifs is 1. The van der Waals surface area contributed by atoms with Gasteiger partial charge in [0.2, 0.25) is 0 Å². The van der Waals surface area contributed by atoms with Crippen LogP contribution in [-0.2, 0) is 0 Å². The van der Waals surface area contributed by atoms with Crippen molar-refractivity contribution in [3.8, 4) is 11.3 Å². The molecule has 0 aliphatic rings. The molecule has 2 aromatic carbocycles. The normalized spacial score (nSPS) is 10.9. The summed E-state index contributed by atoms with van der Waals surface area (Å²) in [5.41, 5.74) is 0.643. The highest BCUT2D eigenvalue weighted by Crippen LogP contribution is 2.28. The van der Waals surface area contributed by atoms with Crippen LogP contribution in [0.3, 0.4) is 0 Å². The lowest BCUT2D eigenvalue weighted by Crippen LogP contribution is -1.93. The van der Waals surface area contributed by atoms with Gasteiger partial charge in [-0.3, -0.25) is 4.98 Å². The molecule has 1 heterocycles. The van der Waals surface area contributed by atoms with Crippen molar-refractivity contribution < 1.29 is 13.2 Å². The summed E-state index contributed by atoms with van der Waals surface area (Å²) < 4.78 is 39.5. The van der Waals surface area contributed by atoms with E-state index in [0.29, 0.717) is 5.69 Å². The second-order valence-electron chi connectivity index (χ2n) is 4.13. The maximum Gasteiger partial charge on any atom is 0.194 e. The van der Waals surface area contributed by atoms with E-state index in [1.165, 1.54) is 0 Å². The molecule has 0 aliphatic carbocycles. The van der Waals surface area contributed by atoms with E-state index in [-0.39, 0.29) is 5.56 Å². The molecule has 0 radical (unpaired) electrons. The molecule has 0 aliphatic heterocycles. The van der Waals surface area contributed by atoms with Crippen molar-refractivity contribution in [3.05, 3.63) is 66.1 Å². The standard InChI is InChI=1S/C15H8F3N/c16-12-7-10(8-13(17)14(12)18)15-11-4-2-1-3-9(11)5-6-19-15/h1-8H. The van der Waals surface area contributed by atoms with Crippen LogP contribution < -0.4 is 0 Å². The molecule has 4 heteroatoms. The quantitative estimate of drug-likeness (QED) is 0.593. The summed E-state index contributed by atoms with van der Waals surface area (Å²) in [4.78, 5) is 4.13. The Bertz CT molecular complexity index is 740. The number of nitrogens with zero attached hydrogens (tertiary/aromatic N) is 1. The fourth-order valence-corrected chi connectivity index (χ4v) is 2.04. The summed E-state index contributed by atoms with van der Waals surface area (Å²) in [7, 11) is 0. The molecule has 3 rings (SSSR count). The Hall–Kier alpha value is -2.36. The smallest absolute Gasteiger partial charge is 0.194 e. The number of benzene rings is 2. The van der Waals surface area contributed by atoms with Crippen molar-refractivity contribution in [2.75, 3.05) is 0 Å². The lowest BCUT2D eigenvalue weighted by molar-refractivity contribution is 0.447. The van der Waals surface area contributed by atoms with Crippen molar-refractivity contribution in [1.29, 1.82) is 0 Å². The third-order valence-corrected chi connectivity index (χ3v) is 2.93. The van der Waals surface area contributed by atoms with E-state index >= 15 is 0 Å². The molecule has 0 spiro atoms. The van der Waals surface area contributed by atoms with Gasteiger partial charge in [-0.05, 0) is 23.6 Å². The number of pyridine rings is 1. The zero-order valence-electron chi connectivity index (χ0n) is 9.70. The van der Waals surface area contributed by atoms with Crippen LogP contribution in [0.15, 0.2) is 48.7 Å². The van der Waals surface area contributed by atoms with Gasteiger partial charge in [-0.1, -0.05) is 24.3 Å². The lowest BCUT2D eigenvalue weighted by atomic mass is 10.0. The summed E-state index contributed by atoms with van der Waals surface area (Å²) in [6.07, 6.45) is 1.55. The Labute approximate surface area is 107 Å². The van der Waals surface area contributed by atoms with Gasteiger partial charge in [-0.2, -0.15) is 0 Å². The number of aromatic nitrogens is 1. The molecule has 3 aromatic rings. The largest absolute Gasteiger partial charge is 0.256 e. The summed E-state index contributed by atoms with van der Waals surface area (Å²) in [6.45, 7) is 0. The highest BCUT2D eigenvalue weighted by atomic mass is 19.2.